The van der Waals surface area contributed by atoms with E-state index in [9.17, 15) is 4.79 Å². The largest absolute Gasteiger partial charge is 0.462 e. The third-order valence-corrected chi connectivity index (χ3v) is 1.05. The number of esters is 1. The Bertz CT molecular complexity index is 114. The smallest absolute Gasteiger partial charge is 0.322 e. The zero-order valence-corrected chi connectivity index (χ0v) is 7.00. The lowest BCUT2D eigenvalue weighted by atomic mass is 10.4. The Balaban J connectivity index is 3.18. The molecule has 0 rings (SSSR count). The molecular formula is C7H15NO3. The van der Waals surface area contributed by atoms with Crippen LogP contribution < -0.4 is 5.73 Å². The van der Waals surface area contributed by atoms with Crippen molar-refractivity contribution >= 4 is 5.97 Å². The van der Waals surface area contributed by atoms with E-state index in [1.165, 1.54) is 0 Å². The van der Waals surface area contributed by atoms with E-state index < -0.39 is 6.04 Å². The first-order chi connectivity index (χ1) is 5.18. The van der Waals surface area contributed by atoms with Gasteiger partial charge < -0.3 is 15.2 Å². The second-order valence-electron chi connectivity index (χ2n) is 2.15. The third kappa shape index (κ3) is 5.82. The number of carbonyl (C=O) groups is 1. The van der Waals surface area contributed by atoms with E-state index in [0.29, 0.717) is 13.2 Å². The van der Waals surface area contributed by atoms with Crippen LogP contribution >= 0.6 is 0 Å². The molecule has 0 heterocycles. The Kier molecular flexibility index (Phi) is 5.78. The fourth-order valence-corrected chi connectivity index (χ4v) is 0.477. The number of carbonyl (C=O) groups excluding carboxylic acids is 1. The molecule has 0 fully saturated rings. The summed E-state index contributed by atoms with van der Waals surface area (Å²) in [7, 11) is 0. The molecule has 0 aromatic rings. The highest BCUT2D eigenvalue weighted by atomic mass is 16.6. The van der Waals surface area contributed by atoms with Crippen LogP contribution in [0.1, 0.15) is 13.8 Å². The van der Waals surface area contributed by atoms with Crippen molar-refractivity contribution in [3.05, 3.63) is 0 Å². The maximum absolute atomic E-state index is 10.7. The topological polar surface area (TPSA) is 61.5 Å². The Morgan fingerprint density at radius 2 is 2.18 bits per heavy atom. The quantitative estimate of drug-likeness (QED) is 0.452. The summed E-state index contributed by atoms with van der Waals surface area (Å²) in [6, 6.07) is -0.545. The van der Waals surface area contributed by atoms with Gasteiger partial charge in [-0.3, -0.25) is 4.79 Å². The standard InChI is InChI=1S/C7H15NO3/c1-3-10-4-5-11-7(9)6(2)8/h6H,3-5,8H2,1-2H3. The van der Waals surface area contributed by atoms with Crippen molar-refractivity contribution in [2.45, 2.75) is 19.9 Å². The molecule has 1 atom stereocenters. The summed E-state index contributed by atoms with van der Waals surface area (Å²) in [5, 5.41) is 0. The van der Waals surface area contributed by atoms with Gasteiger partial charge in [0.25, 0.3) is 0 Å². The van der Waals surface area contributed by atoms with Crippen LogP contribution in [-0.4, -0.2) is 31.8 Å². The Morgan fingerprint density at radius 3 is 2.64 bits per heavy atom. The molecule has 0 amide bonds. The summed E-state index contributed by atoms with van der Waals surface area (Å²) >= 11 is 0. The van der Waals surface area contributed by atoms with Crippen LogP contribution in [0.4, 0.5) is 0 Å². The van der Waals surface area contributed by atoms with Crippen LogP contribution in [-0.2, 0) is 14.3 Å². The number of nitrogens with two attached hydrogens (primary N) is 1. The van der Waals surface area contributed by atoms with Gasteiger partial charge in [0.1, 0.15) is 12.6 Å². The van der Waals surface area contributed by atoms with Crippen LogP contribution in [0.2, 0.25) is 0 Å². The Morgan fingerprint density at radius 1 is 1.55 bits per heavy atom. The molecule has 1 unspecified atom stereocenters. The molecule has 0 aliphatic rings. The second kappa shape index (κ2) is 6.12. The zero-order valence-electron chi connectivity index (χ0n) is 7.00. The zero-order chi connectivity index (χ0) is 8.69. The van der Waals surface area contributed by atoms with Crippen molar-refractivity contribution in [3.63, 3.8) is 0 Å². The van der Waals surface area contributed by atoms with Gasteiger partial charge in [-0.15, -0.1) is 0 Å². The van der Waals surface area contributed by atoms with Gasteiger partial charge >= 0.3 is 5.97 Å². The maximum Gasteiger partial charge on any atom is 0.322 e. The first-order valence-electron chi connectivity index (χ1n) is 3.68. The highest BCUT2D eigenvalue weighted by molar-refractivity contribution is 5.74. The number of ether oxygens (including phenoxy) is 2. The molecule has 0 radical (unpaired) electrons. The second-order valence-corrected chi connectivity index (χ2v) is 2.15. The van der Waals surface area contributed by atoms with Gasteiger partial charge in [0.15, 0.2) is 0 Å². The van der Waals surface area contributed by atoms with Crippen LogP contribution in [0, 0.1) is 0 Å². The molecular weight excluding hydrogens is 146 g/mol. The van der Waals surface area contributed by atoms with Crippen molar-refractivity contribution in [1.82, 2.24) is 0 Å². The molecule has 11 heavy (non-hydrogen) atoms. The van der Waals surface area contributed by atoms with Crippen LogP contribution in [0.3, 0.4) is 0 Å². The van der Waals surface area contributed by atoms with E-state index in [-0.39, 0.29) is 12.6 Å². The fourth-order valence-electron chi connectivity index (χ4n) is 0.477. The molecule has 0 saturated carbocycles. The van der Waals surface area contributed by atoms with E-state index in [1.54, 1.807) is 6.92 Å². The van der Waals surface area contributed by atoms with Gasteiger partial charge in [0, 0.05) is 6.61 Å². The van der Waals surface area contributed by atoms with Crippen molar-refractivity contribution in [3.8, 4) is 0 Å². The minimum Gasteiger partial charge on any atom is -0.462 e. The van der Waals surface area contributed by atoms with E-state index >= 15 is 0 Å². The Labute approximate surface area is 66.7 Å². The molecule has 0 bridgehead atoms. The van der Waals surface area contributed by atoms with Crippen LogP contribution in [0.15, 0.2) is 0 Å². The van der Waals surface area contributed by atoms with Gasteiger partial charge in [0.05, 0.1) is 6.61 Å². The van der Waals surface area contributed by atoms with Gasteiger partial charge in [0.2, 0.25) is 0 Å². The van der Waals surface area contributed by atoms with E-state index in [1.807, 2.05) is 6.92 Å². The van der Waals surface area contributed by atoms with Gasteiger partial charge in [-0.05, 0) is 13.8 Å². The normalized spacial score (nSPS) is 12.6. The summed E-state index contributed by atoms with van der Waals surface area (Å²) in [5.41, 5.74) is 5.24. The highest BCUT2D eigenvalue weighted by Crippen LogP contribution is 1.84. The summed E-state index contributed by atoms with van der Waals surface area (Å²) in [6.07, 6.45) is 0. The fraction of sp³-hybridized carbons (Fsp3) is 0.857. The highest BCUT2D eigenvalue weighted by Gasteiger charge is 2.07. The van der Waals surface area contributed by atoms with E-state index in [4.69, 9.17) is 15.2 Å². The van der Waals surface area contributed by atoms with Crippen LogP contribution in [0.25, 0.3) is 0 Å². The van der Waals surface area contributed by atoms with Crippen LogP contribution in [0.5, 0.6) is 0 Å². The van der Waals surface area contributed by atoms with E-state index in [2.05, 4.69) is 0 Å². The molecule has 0 spiro atoms. The van der Waals surface area contributed by atoms with Crippen molar-refractivity contribution in [2.75, 3.05) is 19.8 Å². The average Bonchev–Trinajstić information content (AvgIpc) is 1.97. The minimum atomic E-state index is -0.545. The van der Waals surface area contributed by atoms with Gasteiger partial charge in [-0.2, -0.15) is 0 Å². The monoisotopic (exact) mass is 161 g/mol. The molecule has 0 aliphatic carbocycles. The number of hydrogen-bond donors (Lipinski definition) is 1. The average molecular weight is 161 g/mol. The van der Waals surface area contributed by atoms with Crippen molar-refractivity contribution < 1.29 is 14.3 Å². The predicted octanol–water partition coefficient (Wildman–Crippen LogP) is -0.0867. The SMILES string of the molecule is CCOCCOC(=O)C(C)N. The lowest BCUT2D eigenvalue weighted by molar-refractivity contribution is -0.146. The molecule has 0 aromatic heterocycles. The van der Waals surface area contributed by atoms with E-state index in [0.717, 1.165) is 0 Å². The number of hydrogen-bond acceptors (Lipinski definition) is 4. The summed E-state index contributed by atoms with van der Waals surface area (Å²) in [6.45, 7) is 4.83. The lowest BCUT2D eigenvalue weighted by Gasteiger charge is -2.06. The molecule has 2 N–H and O–H groups in total. The van der Waals surface area contributed by atoms with Gasteiger partial charge in [-0.1, -0.05) is 0 Å². The molecule has 4 nitrogen and oxygen atoms in total. The molecule has 0 aliphatic heterocycles. The molecule has 66 valence electrons. The van der Waals surface area contributed by atoms with Crippen molar-refractivity contribution in [2.24, 2.45) is 5.73 Å². The van der Waals surface area contributed by atoms with Gasteiger partial charge in [-0.25, -0.2) is 0 Å². The first kappa shape index (κ1) is 10.4. The molecule has 0 aromatic carbocycles. The third-order valence-electron chi connectivity index (χ3n) is 1.05. The Hall–Kier alpha value is -0.610. The summed E-state index contributed by atoms with van der Waals surface area (Å²) < 4.78 is 9.66. The first-order valence-corrected chi connectivity index (χ1v) is 3.68. The summed E-state index contributed by atoms with van der Waals surface area (Å²) in [5.74, 6) is -0.385. The molecule has 0 saturated heterocycles. The number of rotatable bonds is 5. The molecule has 4 heteroatoms. The predicted molar refractivity (Wildman–Crippen MR) is 41.1 cm³/mol. The maximum atomic E-state index is 10.7. The lowest BCUT2D eigenvalue weighted by Crippen LogP contribution is -2.29. The van der Waals surface area contributed by atoms with Crippen molar-refractivity contribution in [1.29, 1.82) is 0 Å². The summed E-state index contributed by atoms with van der Waals surface area (Å²) in [4.78, 5) is 10.7. The minimum absolute atomic E-state index is 0.286.